The minimum Gasteiger partial charge on any atom is -0.309 e. The second-order valence-corrected chi connectivity index (χ2v) is 9.03. The molecule has 1 N–H and O–H groups in total. The number of halogens is 1. The summed E-state index contributed by atoms with van der Waals surface area (Å²) in [6, 6.07) is 5.66. The van der Waals surface area contributed by atoms with Gasteiger partial charge >= 0.3 is 0 Å². The van der Waals surface area contributed by atoms with E-state index in [1.807, 2.05) is 26.2 Å². The molecule has 8 heteroatoms. The Hall–Kier alpha value is -2.09. The summed E-state index contributed by atoms with van der Waals surface area (Å²) in [5, 5.41) is -0.107. The molecule has 2 aromatic rings. The normalized spacial score (nSPS) is 14.0. The molecule has 6 nitrogen and oxygen atoms in total. The van der Waals surface area contributed by atoms with Crippen LogP contribution < -0.4 is 4.72 Å². The molecule has 1 aliphatic rings. The quantitative estimate of drug-likeness (QED) is 0.734. The number of anilines is 1. The fraction of sp³-hybridized carbons (Fsp3) is 0.350. The summed E-state index contributed by atoms with van der Waals surface area (Å²) in [6.07, 6.45) is 7.39. The van der Waals surface area contributed by atoms with E-state index in [9.17, 15) is 8.42 Å². The fourth-order valence-corrected chi connectivity index (χ4v) is 5.07. The average molecular weight is 421 g/mol. The molecule has 3 rings (SSSR count). The van der Waals surface area contributed by atoms with Crippen LogP contribution in [0.1, 0.15) is 30.3 Å². The van der Waals surface area contributed by atoms with Crippen LogP contribution in [0.4, 0.5) is 5.69 Å². The molecular weight excluding hydrogens is 396 g/mol. The number of sulfonamides is 1. The zero-order valence-corrected chi connectivity index (χ0v) is 18.1. The molecule has 0 fully saturated rings. The molecule has 0 amide bonds. The SMILES string of the molecule is C/C=C\n1c(C)nc(Cl)c1S(=O)(=O)Nc1ccc2c(c1)C(CCN(C)C)=CC2. The highest BCUT2D eigenvalue weighted by atomic mass is 35.5. The molecular formula is C20H25ClN4O2S. The Kier molecular flexibility index (Phi) is 5.98. The first-order chi connectivity index (χ1) is 13.2. The number of aryl methyl sites for hydroxylation is 1. The van der Waals surface area contributed by atoms with Gasteiger partial charge in [-0.2, -0.15) is 8.42 Å². The molecule has 0 aliphatic heterocycles. The van der Waals surface area contributed by atoms with Crippen molar-refractivity contribution < 1.29 is 8.42 Å². The number of aromatic nitrogens is 2. The van der Waals surface area contributed by atoms with Crippen molar-refractivity contribution in [1.82, 2.24) is 14.5 Å². The second kappa shape index (κ2) is 8.11. The van der Waals surface area contributed by atoms with Gasteiger partial charge < -0.3 is 4.90 Å². The summed E-state index contributed by atoms with van der Waals surface area (Å²) < 4.78 is 30.2. The predicted molar refractivity (Wildman–Crippen MR) is 115 cm³/mol. The number of rotatable bonds is 7. The molecule has 150 valence electrons. The monoisotopic (exact) mass is 420 g/mol. The molecule has 0 atom stereocenters. The predicted octanol–water partition coefficient (Wildman–Crippen LogP) is 4.03. The van der Waals surface area contributed by atoms with E-state index in [1.165, 1.54) is 15.7 Å². The van der Waals surface area contributed by atoms with Crippen molar-refractivity contribution in [3.63, 3.8) is 0 Å². The Bertz CT molecular complexity index is 1050. The molecule has 0 radical (unpaired) electrons. The van der Waals surface area contributed by atoms with Crippen LogP contribution in [-0.2, 0) is 16.4 Å². The third kappa shape index (κ3) is 4.16. The Balaban J connectivity index is 1.91. The second-order valence-electron chi connectivity index (χ2n) is 7.07. The summed E-state index contributed by atoms with van der Waals surface area (Å²) in [6.45, 7) is 4.46. The summed E-state index contributed by atoms with van der Waals surface area (Å²) in [5.74, 6) is 0.506. The van der Waals surface area contributed by atoms with E-state index in [4.69, 9.17) is 11.6 Å². The smallest absolute Gasteiger partial charge is 0.281 e. The van der Waals surface area contributed by atoms with Gasteiger partial charge in [0.05, 0.1) is 0 Å². The van der Waals surface area contributed by atoms with Crippen LogP contribution in [0.2, 0.25) is 5.15 Å². The number of allylic oxidation sites excluding steroid dienone is 2. The van der Waals surface area contributed by atoms with Gasteiger partial charge in [0.15, 0.2) is 10.2 Å². The van der Waals surface area contributed by atoms with Crippen LogP contribution in [0.3, 0.4) is 0 Å². The molecule has 0 saturated heterocycles. The highest BCUT2D eigenvalue weighted by Gasteiger charge is 2.26. The van der Waals surface area contributed by atoms with Gasteiger partial charge in [0.25, 0.3) is 10.0 Å². The van der Waals surface area contributed by atoms with Crippen molar-refractivity contribution in [1.29, 1.82) is 0 Å². The fourth-order valence-electron chi connectivity index (χ4n) is 3.30. The van der Waals surface area contributed by atoms with Gasteiger partial charge in [-0.25, -0.2) is 4.98 Å². The molecule has 1 heterocycles. The van der Waals surface area contributed by atoms with Crippen molar-refractivity contribution in [3.05, 3.63) is 52.5 Å². The lowest BCUT2D eigenvalue weighted by atomic mass is 10.0. The average Bonchev–Trinajstić information content (AvgIpc) is 3.13. The number of benzene rings is 1. The maximum absolute atomic E-state index is 13.0. The summed E-state index contributed by atoms with van der Waals surface area (Å²) >= 11 is 6.13. The van der Waals surface area contributed by atoms with Gasteiger partial charge in [0.2, 0.25) is 0 Å². The zero-order chi connectivity index (χ0) is 20.5. The van der Waals surface area contributed by atoms with Crippen molar-refractivity contribution >= 4 is 39.1 Å². The van der Waals surface area contributed by atoms with Gasteiger partial charge in [0.1, 0.15) is 5.82 Å². The number of nitrogens with one attached hydrogen (secondary N) is 1. The van der Waals surface area contributed by atoms with Crippen molar-refractivity contribution in [2.45, 2.75) is 31.7 Å². The van der Waals surface area contributed by atoms with E-state index in [1.54, 1.807) is 32.2 Å². The highest BCUT2D eigenvalue weighted by Crippen LogP contribution is 2.33. The van der Waals surface area contributed by atoms with Crippen LogP contribution in [-0.4, -0.2) is 43.5 Å². The number of nitrogens with zero attached hydrogens (tertiary/aromatic N) is 3. The van der Waals surface area contributed by atoms with E-state index < -0.39 is 10.0 Å². The molecule has 28 heavy (non-hydrogen) atoms. The van der Waals surface area contributed by atoms with Crippen molar-refractivity contribution in [2.75, 3.05) is 25.4 Å². The minimum absolute atomic E-state index is 0.0455. The van der Waals surface area contributed by atoms with Crippen LogP contribution >= 0.6 is 11.6 Å². The third-order valence-electron chi connectivity index (χ3n) is 4.66. The largest absolute Gasteiger partial charge is 0.309 e. The Morgan fingerprint density at radius 1 is 1.36 bits per heavy atom. The van der Waals surface area contributed by atoms with Gasteiger partial charge in [-0.15, -0.1) is 0 Å². The van der Waals surface area contributed by atoms with Gasteiger partial charge in [0, 0.05) is 18.4 Å². The molecule has 0 saturated carbocycles. The third-order valence-corrected chi connectivity index (χ3v) is 6.44. The molecule has 0 spiro atoms. The van der Waals surface area contributed by atoms with E-state index in [-0.39, 0.29) is 10.2 Å². The van der Waals surface area contributed by atoms with Crippen LogP contribution in [0.25, 0.3) is 11.8 Å². The van der Waals surface area contributed by atoms with Gasteiger partial charge in [-0.1, -0.05) is 29.8 Å². The molecule has 1 aromatic heterocycles. The number of hydrogen-bond donors (Lipinski definition) is 1. The van der Waals surface area contributed by atoms with Gasteiger partial charge in [-0.3, -0.25) is 9.29 Å². The first kappa shape index (κ1) is 20.6. The molecule has 0 bridgehead atoms. The number of fused-ring (bicyclic) bond motifs is 1. The Morgan fingerprint density at radius 3 is 2.79 bits per heavy atom. The van der Waals surface area contributed by atoms with E-state index in [0.717, 1.165) is 24.9 Å². The minimum atomic E-state index is -3.90. The maximum Gasteiger partial charge on any atom is 0.281 e. The van der Waals surface area contributed by atoms with Crippen molar-refractivity contribution in [3.8, 4) is 0 Å². The lowest BCUT2D eigenvalue weighted by molar-refractivity contribution is 0.419. The van der Waals surface area contributed by atoms with Crippen LogP contribution in [0.15, 0.2) is 35.4 Å². The summed E-state index contributed by atoms with van der Waals surface area (Å²) in [7, 11) is 0.187. The van der Waals surface area contributed by atoms with E-state index in [0.29, 0.717) is 11.5 Å². The van der Waals surface area contributed by atoms with E-state index >= 15 is 0 Å². The molecule has 1 aromatic carbocycles. The lowest BCUT2D eigenvalue weighted by Gasteiger charge is -2.14. The first-order valence-electron chi connectivity index (χ1n) is 9.10. The van der Waals surface area contributed by atoms with Crippen LogP contribution in [0, 0.1) is 6.92 Å². The molecule has 0 unspecified atom stereocenters. The van der Waals surface area contributed by atoms with Crippen LogP contribution in [0.5, 0.6) is 0 Å². The Labute approximate surface area is 171 Å². The zero-order valence-electron chi connectivity index (χ0n) is 16.5. The Morgan fingerprint density at radius 2 is 2.11 bits per heavy atom. The molecule has 1 aliphatic carbocycles. The first-order valence-corrected chi connectivity index (χ1v) is 11.0. The van der Waals surface area contributed by atoms with E-state index in [2.05, 4.69) is 20.7 Å². The lowest BCUT2D eigenvalue weighted by Crippen LogP contribution is -2.17. The number of hydrogen-bond acceptors (Lipinski definition) is 4. The summed E-state index contributed by atoms with van der Waals surface area (Å²) in [5.41, 5.74) is 4.08. The summed E-state index contributed by atoms with van der Waals surface area (Å²) in [4.78, 5) is 6.23. The topological polar surface area (TPSA) is 67.2 Å². The van der Waals surface area contributed by atoms with Crippen molar-refractivity contribution in [2.24, 2.45) is 0 Å². The van der Waals surface area contributed by atoms with Gasteiger partial charge in [-0.05, 0) is 69.6 Å². The highest BCUT2D eigenvalue weighted by molar-refractivity contribution is 7.92. The standard InChI is InChI=1S/C20H25ClN4O2S/c1-5-11-25-14(2)22-19(21)20(25)28(26,27)23-17-9-8-15-6-7-16(18(15)13-17)10-12-24(3)4/h5,7-9,11,13,23H,6,10,12H2,1-4H3/b11-5-. The number of imidazole rings is 1. The maximum atomic E-state index is 13.0.